The Balaban J connectivity index is 1.58. The van der Waals surface area contributed by atoms with Crippen LogP contribution in [-0.4, -0.2) is 27.7 Å². The lowest BCUT2D eigenvalue weighted by Crippen LogP contribution is -2.24. The highest BCUT2D eigenvalue weighted by Gasteiger charge is 2.27. The molecule has 9 heteroatoms. The maximum absolute atomic E-state index is 12.4. The standard InChI is InChI=1S/C19H11ClN4O4/c20-10-3-1-9(2-4-10)15-21-8-14(19(28)23-15)18(27)22-11-5-6-12-13(7-11)17(26)24-16(12)25/h1-8H,(H,22,27)(H,21,23,28)(H,24,25,26). The molecule has 3 aromatic rings. The van der Waals surface area contributed by atoms with Gasteiger partial charge >= 0.3 is 0 Å². The van der Waals surface area contributed by atoms with E-state index in [2.05, 4.69) is 20.6 Å². The normalized spacial score (nSPS) is 12.5. The second-order valence-corrected chi connectivity index (χ2v) is 6.42. The van der Waals surface area contributed by atoms with Crippen molar-refractivity contribution in [3.8, 4) is 11.4 Å². The largest absolute Gasteiger partial charge is 0.322 e. The Bertz CT molecular complexity index is 1200. The first-order valence-electron chi connectivity index (χ1n) is 8.09. The molecule has 3 amide bonds. The Morgan fingerprint density at radius 3 is 2.39 bits per heavy atom. The average molecular weight is 395 g/mol. The van der Waals surface area contributed by atoms with E-state index in [1.54, 1.807) is 24.3 Å². The number of aromatic nitrogens is 2. The summed E-state index contributed by atoms with van der Waals surface area (Å²) in [6.45, 7) is 0. The zero-order valence-corrected chi connectivity index (χ0v) is 14.8. The van der Waals surface area contributed by atoms with Gasteiger partial charge in [0, 0.05) is 22.5 Å². The highest BCUT2D eigenvalue weighted by molar-refractivity contribution is 6.30. The molecule has 0 saturated carbocycles. The van der Waals surface area contributed by atoms with E-state index in [0.29, 0.717) is 16.4 Å². The Morgan fingerprint density at radius 1 is 0.964 bits per heavy atom. The number of hydrogen-bond acceptors (Lipinski definition) is 5. The van der Waals surface area contributed by atoms with Gasteiger partial charge in [0.2, 0.25) is 0 Å². The SMILES string of the molecule is O=C1NC(=O)c2cc(NC(=O)c3cnc(-c4ccc(Cl)cc4)[nH]c3=O)ccc21. The third-order valence-electron chi connectivity index (χ3n) is 4.16. The summed E-state index contributed by atoms with van der Waals surface area (Å²) in [5, 5.41) is 5.24. The van der Waals surface area contributed by atoms with Crippen LogP contribution in [0.25, 0.3) is 11.4 Å². The molecule has 0 spiro atoms. The van der Waals surface area contributed by atoms with Gasteiger partial charge < -0.3 is 10.3 Å². The minimum Gasteiger partial charge on any atom is -0.322 e. The molecule has 2 heterocycles. The number of carbonyl (C=O) groups excluding carboxylic acids is 3. The number of carbonyl (C=O) groups is 3. The fraction of sp³-hybridized carbons (Fsp3) is 0. The molecule has 0 radical (unpaired) electrons. The van der Waals surface area contributed by atoms with E-state index < -0.39 is 23.3 Å². The molecule has 0 aliphatic carbocycles. The molecule has 1 aliphatic heterocycles. The number of nitrogens with one attached hydrogen (secondary N) is 3. The minimum absolute atomic E-state index is 0.160. The predicted octanol–water partition coefficient (Wildman–Crippen LogP) is 2.23. The van der Waals surface area contributed by atoms with Gasteiger partial charge in [-0.25, -0.2) is 4.98 Å². The molecule has 3 N–H and O–H groups in total. The fourth-order valence-corrected chi connectivity index (χ4v) is 2.88. The number of hydrogen-bond donors (Lipinski definition) is 3. The molecule has 0 bridgehead atoms. The maximum Gasteiger partial charge on any atom is 0.264 e. The molecule has 0 unspecified atom stereocenters. The summed E-state index contributed by atoms with van der Waals surface area (Å²) >= 11 is 5.84. The monoisotopic (exact) mass is 394 g/mol. The smallest absolute Gasteiger partial charge is 0.264 e. The van der Waals surface area contributed by atoms with Crippen molar-refractivity contribution in [2.75, 3.05) is 5.32 Å². The number of rotatable bonds is 3. The topological polar surface area (TPSA) is 121 Å². The summed E-state index contributed by atoms with van der Waals surface area (Å²) in [5.41, 5.74) is 0.491. The predicted molar refractivity (Wildman–Crippen MR) is 101 cm³/mol. The molecule has 0 atom stereocenters. The Labute approximate surface area is 162 Å². The number of fused-ring (bicyclic) bond motifs is 1. The summed E-state index contributed by atoms with van der Waals surface area (Å²) in [6, 6.07) is 11.0. The highest BCUT2D eigenvalue weighted by Crippen LogP contribution is 2.21. The van der Waals surface area contributed by atoms with Gasteiger partial charge in [0.05, 0.1) is 11.1 Å². The zero-order valence-electron chi connectivity index (χ0n) is 14.1. The van der Waals surface area contributed by atoms with Crippen molar-refractivity contribution < 1.29 is 14.4 Å². The molecule has 28 heavy (non-hydrogen) atoms. The number of imide groups is 1. The van der Waals surface area contributed by atoms with Crippen molar-refractivity contribution in [3.05, 3.63) is 80.7 Å². The summed E-state index contributed by atoms with van der Waals surface area (Å²) in [6.07, 6.45) is 1.17. The number of anilines is 1. The van der Waals surface area contributed by atoms with Crippen LogP contribution in [0.3, 0.4) is 0 Å². The van der Waals surface area contributed by atoms with Gasteiger partial charge in [-0.1, -0.05) is 11.6 Å². The van der Waals surface area contributed by atoms with Crippen LogP contribution in [0.5, 0.6) is 0 Å². The van der Waals surface area contributed by atoms with Gasteiger partial charge in [-0.3, -0.25) is 24.5 Å². The molecule has 8 nitrogen and oxygen atoms in total. The second-order valence-electron chi connectivity index (χ2n) is 5.98. The van der Waals surface area contributed by atoms with E-state index in [0.717, 1.165) is 0 Å². The van der Waals surface area contributed by atoms with Crippen molar-refractivity contribution in [3.63, 3.8) is 0 Å². The molecule has 1 aliphatic rings. The first-order chi connectivity index (χ1) is 13.4. The van der Waals surface area contributed by atoms with Crippen molar-refractivity contribution in [1.29, 1.82) is 0 Å². The van der Waals surface area contributed by atoms with Gasteiger partial charge in [0.1, 0.15) is 11.4 Å². The van der Waals surface area contributed by atoms with Gasteiger partial charge in [-0.15, -0.1) is 0 Å². The van der Waals surface area contributed by atoms with Gasteiger partial charge in [0.15, 0.2) is 0 Å². The van der Waals surface area contributed by atoms with Gasteiger partial charge in [-0.2, -0.15) is 0 Å². The Kier molecular flexibility index (Phi) is 4.25. The molecule has 2 aromatic carbocycles. The van der Waals surface area contributed by atoms with Crippen molar-refractivity contribution in [2.24, 2.45) is 0 Å². The van der Waals surface area contributed by atoms with Crippen LogP contribution in [0.4, 0.5) is 5.69 Å². The van der Waals surface area contributed by atoms with Crippen LogP contribution >= 0.6 is 11.6 Å². The van der Waals surface area contributed by atoms with E-state index in [9.17, 15) is 19.2 Å². The molecule has 0 fully saturated rings. The van der Waals surface area contributed by atoms with Crippen molar-refractivity contribution in [1.82, 2.24) is 15.3 Å². The number of aromatic amines is 1. The third kappa shape index (κ3) is 3.17. The van der Waals surface area contributed by atoms with Crippen molar-refractivity contribution in [2.45, 2.75) is 0 Å². The fourth-order valence-electron chi connectivity index (χ4n) is 2.76. The van der Waals surface area contributed by atoms with E-state index in [1.165, 1.54) is 24.4 Å². The van der Waals surface area contributed by atoms with Gasteiger partial charge in [-0.05, 0) is 42.5 Å². The minimum atomic E-state index is -0.693. The lowest BCUT2D eigenvalue weighted by atomic mass is 10.1. The van der Waals surface area contributed by atoms with Crippen molar-refractivity contribution >= 4 is 35.0 Å². The van der Waals surface area contributed by atoms with E-state index >= 15 is 0 Å². The van der Waals surface area contributed by atoms with E-state index in [-0.39, 0.29) is 22.4 Å². The first-order valence-corrected chi connectivity index (χ1v) is 8.46. The van der Waals surface area contributed by atoms with E-state index in [4.69, 9.17) is 11.6 Å². The van der Waals surface area contributed by atoms with Crippen LogP contribution in [-0.2, 0) is 0 Å². The summed E-state index contributed by atoms with van der Waals surface area (Å²) < 4.78 is 0. The average Bonchev–Trinajstić information content (AvgIpc) is 2.95. The third-order valence-corrected chi connectivity index (χ3v) is 4.41. The van der Waals surface area contributed by atoms with Crippen LogP contribution in [0.2, 0.25) is 5.02 Å². The number of benzene rings is 2. The summed E-state index contributed by atoms with van der Waals surface area (Å²) in [4.78, 5) is 54.7. The molecule has 1 aromatic heterocycles. The van der Waals surface area contributed by atoms with Crippen LogP contribution in [0.1, 0.15) is 31.1 Å². The van der Waals surface area contributed by atoms with Gasteiger partial charge in [0.25, 0.3) is 23.3 Å². The van der Waals surface area contributed by atoms with Crippen LogP contribution in [0, 0.1) is 0 Å². The maximum atomic E-state index is 12.4. The lowest BCUT2D eigenvalue weighted by Gasteiger charge is -2.07. The number of halogens is 1. The number of amides is 3. The second kappa shape index (κ2) is 6.75. The zero-order chi connectivity index (χ0) is 19.8. The number of nitrogens with zero attached hydrogens (tertiary/aromatic N) is 1. The van der Waals surface area contributed by atoms with Crippen LogP contribution < -0.4 is 16.2 Å². The number of H-pyrrole nitrogens is 1. The summed E-state index contributed by atoms with van der Waals surface area (Å²) in [7, 11) is 0. The molecular formula is C19H11ClN4O4. The molecule has 138 valence electrons. The lowest BCUT2D eigenvalue weighted by molar-refractivity contribution is 0.0878. The Hall–Kier alpha value is -3.78. The molecule has 0 saturated heterocycles. The van der Waals surface area contributed by atoms with Crippen LogP contribution in [0.15, 0.2) is 53.5 Å². The summed E-state index contributed by atoms with van der Waals surface area (Å²) in [5.74, 6) is -1.42. The Morgan fingerprint density at radius 2 is 1.68 bits per heavy atom. The highest BCUT2D eigenvalue weighted by atomic mass is 35.5. The first kappa shape index (κ1) is 17.6. The molecule has 4 rings (SSSR count). The quantitative estimate of drug-likeness (QED) is 0.588. The molecular weight excluding hydrogens is 384 g/mol. The van der Waals surface area contributed by atoms with E-state index in [1.807, 2.05) is 0 Å².